The highest BCUT2D eigenvalue weighted by Gasteiger charge is 2.41. The maximum absolute atomic E-state index is 3.57. The summed E-state index contributed by atoms with van der Waals surface area (Å²) in [5.74, 6) is 1.05. The molecule has 88 valence electrons. The average molecular weight is 210 g/mol. The Morgan fingerprint density at radius 3 is 2.53 bits per heavy atom. The van der Waals surface area contributed by atoms with Gasteiger partial charge in [-0.15, -0.1) is 0 Å². The highest BCUT2D eigenvalue weighted by atomic mass is 15.2. The van der Waals surface area contributed by atoms with Crippen LogP contribution in [0.25, 0.3) is 0 Å². The number of hydrogen-bond acceptors (Lipinski definition) is 2. The predicted octanol–water partition coefficient (Wildman–Crippen LogP) is 2.25. The average Bonchev–Trinajstić information content (AvgIpc) is 3.00. The lowest BCUT2D eigenvalue weighted by molar-refractivity contribution is 0.182. The fourth-order valence-corrected chi connectivity index (χ4v) is 3.08. The molecule has 0 spiro atoms. The van der Waals surface area contributed by atoms with Gasteiger partial charge in [0.05, 0.1) is 0 Å². The van der Waals surface area contributed by atoms with Gasteiger partial charge in [0.15, 0.2) is 0 Å². The quantitative estimate of drug-likeness (QED) is 0.749. The zero-order valence-corrected chi connectivity index (χ0v) is 10.3. The summed E-state index contributed by atoms with van der Waals surface area (Å²) in [5.41, 5.74) is 0. The molecule has 1 heterocycles. The van der Waals surface area contributed by atoms with Gasteiger partial charge in [-0.3, -0.25) is 4.90 Å². The van der Waals surface area contributed by atoms with Crippen molar-refractivity contribution in [1.82, 2.24) is 10.2 Å². The van der Waals surface area contributed by atoms with Crippen molar-refractivity contribution in [2.75, 3.05) is 19.6 Å². The Morgan fingerprint density at radius 1 is 1.20 bits per heavy atom. The fraction of sp³-hybridized carbons (Fsp3) is 1.00. The third-order valence-corrected chi connectivity index (χ3v) is 4.04. The summed E-state index contributed by atoms with van der Waals surface area (Å²) in [5, 5.41) is 3.57. The van der Waals surface area contributed by atoms with E-state index < -0.39 is 0 Å². The molecule has 0 aromatic carbocycles. The topological polar surface area (TPSA) is 15.3 Å². The number of nitrogens with one attached hydrogen (secondary N) is 1. The van der Waals surface area contributed by atoms with Crippen LogP contribution in [0.3, 0.4) is 0 Å². The van der Waals surface area contributed by atoms with Crippen molar-refractivity contribution in [3.05, 3.63) is 0 Å². The van der Waals surface area contributed by atoms with E-state index in [1.807, 2.05) is 0 Å². The molecule has 1 saturated heterocycles. The van der Waals surface area contributed by atoms with Gasteiger partial charge in [-0.25, -0.2) is 0 Å². The monoisotopic (exact) mass is 210 g/mol. The van der Waals surface area contributed by atoms with Gasteiger partial charge in [0.1, 0.15) is 0 Å². The third-order valence-electron chi connectivity index (χ3n) is 4.04. The molecule has 2 rings (SSSR count). The lowest BCUT2D eigenvalue weighted by atomic mass is 10.0. The first-order chi connectivity index (χ1) is 7.35. The standard InChI is InChI=1S/C13H26N2/c1-3-5-11-10-13(11)15-8-6-12(7-9-15)14-4-2/h11-14H,3-10H2,1-2H3. The number of rotatable bonds is 5. The van der Waals surface area contributed by atoms with Crippen LogP contribution in [-0.4, -0.2) is 36.6 Å². The maximum Gasteiger partial charge on any atom is 0.0127 e. The van der Waals surface area contributed by atoms with Crippen LogP contribution in [0.1, 0.15) is 46.0 Å². The molecule has 2 heteroatoms. The Balaban J connectivity index is 1.66. The first-order valence-electron chi connectivity index (χ1n) is 6.82. The Bertz CT molecular complexity index is 185. The van der Waals surface area contributed by atoms with E-state index in [1.54, 1.807) is 0 Å². The van der Waals surface area contributed by atoms with Gasteiger partial charge in [0, 0.05) is 12.1 Å². The van der Waals surface area contributed by atoms with Crippen LogP contribution in [-0.2, 0) is 0 Å². The van der Waals surface area contributed by atoms with Gasteiger partial charge in [-0.2, -0.15) is 0 Å². The summed E-state index contributed by atoms with van der Waals surface area (Å²) in [6.07, 6.45) is 7.04. The number of likely N-dealkylation sites (tertiary alicyclic amines) is 1. The molecule has 2 unspecified atom stereocenters. The molecule has 1 saturated carbocycles. The fourth-order valence-electron chi connectivity index (χ4n) is 3.08. The normalized spacial score (nSPS) is 33.2. The van der Waals surface area contributed by atoms with Crippen molar-refractivity contribution >= 4 is 0 Å². The number of nitrogens with zero attached hydrogens (tertiary/aromatic N) is 1. The van der Waals surface area contributed by atoms with Crippen LogP contribution in [0.15, 0.2) is 0 Å². The molecular weight excluding hydrogens is 184 g/mol. The van der Waals surface area contributed by atoms with Crippen LogP contribution in [0.5, 0.6) is 0 Å². The van der Waals surface area contributed by atoms with E-state index in [0.717, 1.165) is 24.5 Å². The molecule has 1 aliphatic carbocycles. The van der Waals surface area contributed by atoms with Crippen molar-refractivity contribution in [3.8, 4) is 0 Å². The van der Waals surface area contributed by atoms with Crippen LogP contribution < -0.4 is 5.32 Å². The molecule has 2 atom stereocenters. The smallest absolute Gasteiger partial charge is 0.0127 e. The van der Waals surface area contributed by atoms with E-state index in [1.165, 1.54) is 45.2 Å². The largest absolute Gasteiger partial charge is 0.314 e. The van der Waals surface area contributed by atoms with Crippen molar-refractivity contribution in [2.45, 2.75) is 58.0 Å². The molecule has 0 bridgehead atoms. The number of piperidine rings is 1. The molecule has 0 amide bonds. The van der Waals surface area contributed by atoms with Crippen molar-refractivity contribution in [1.29, 1.82) is 0 Å². The molecule has 2 fully saturated rings. The second kappa shape index (κ2) is 5.31. The number of hydrogen-bond donors (Lipinski definition) is 1. The molecule has 1 aliphatic heterocycles. The molecule has 0 aromatic rings. The minimum absolute atomic E-state index is 0.801. The molecule has 0 aromatic heterocycles. The van der Waals surface area contributed by atoms with Crippen molar-refractivity contribution in [2.24, 2.45) is 5.92 Å². The van der Waals surface area contributed by atoms with Gasteiger partial charge < -0.3 is 5.32 Å². The summed E-state index contributed by atoms with van der Waals surface area (Å²) in [6, 6.07) is 1.77. The molecular formula is C13H26N2. The van der Waals surface area contributed by atoms with Crippen molar-refractivity contribution in [3.63, 3.8) is 0 Å². The Hall–Kier alpha value is -0.0800. The van der Waals surface area contributed by atoms with Gasteiger partial charge in [0.25, 0.3) is 0 Å². The van der Waals surface area contributed by atoms with Crippen molar-refractivity contribution < 1.29 is 0 Å². The highest BCUT2D eigenvalue weighted by molar-refractivity contribution is 4.96. The van der Waals surface area contributed by atoms with E-state index in [4.69, 9.17) is 0 Å². The van der Waals surface area contributed by atoms with Gasteiger partial charge in [-0.1, -0.05) is 20.3 Å². The van der Waals surface area contributed by atoms with Crippen LogP contribution >= 0.6 is 0 Å². The van der Waals surface area contributed by atoms with E-state index in [-0.39, 0.29) is 0 Å². The second-order valence-corrected chi connectivity index (χ2v) is 5.22. The van der Waals surface area contributed by atoms with E-state index in [9.17, 15) is 0 Å². The molecule has 2 nitrogen and oxygen atoms in total. The Kier molecular flexibility index (Phi) is 4.04. The van der Waals surface area contributed by atoms with E-state index in [2.05, 4.69) is 24.1 Å². The molecule has 1 N–H and O–H groups in total. The SMILES string of the molecule is CCCC1CC1N1CCC(NCC)CC1. The first-order valence-corrected chi connectivity index (χ1v) is 6.82. The molecule has 0 radical (unpaired) electrons. The van der Waals surface area contributed by atoms with Gasteiger partial charge >= 0.3 is 0 Å². The zero-order valence-electron chi connectivity index (χ0n) is 10.3. The van der Waals surface area contributed by atoms with Gasteiger partial charge in [0.2, 0.25) is 0 Å². The highest BCUT2D eigenvalue weighted by Crippen LogP contribution is 2.40. The Labute approximate surface area is 94.4 Å². The molecule has 15 heavy (non-hydrogen) atoms. The third kappa shape index (κ3) is 2.94. The van der Waals surface area contributed by atoms with E-state index >= 15 is 0 Å². The lowest BCUT2D eigenvalue weighted by Gasteiger charge is -2.32. The van der Waals surface area contributed by atoms with Crippen LogP contribution in [0.2, 0.25) is 0 Å². The zero-order chi connectivity index (χ0) is 10.7. The van der Waals surface area contributed by atoms with Crippen LogP contribution in [0.4, 0.5) is 0 Å². The first kappa shape index (κ1) is 11.4. The minimum Gasteiger partial charge on any atom is -0.314 e. The summed E-state index contributed by atoms with van der Waals surface area (Å²) in [4.78, 5) is 2.74. The van der Waals surface area contributed by atoms with E-state index in [0.29, 0.717) is 0 Å². The second-order valence-electron chi connectivity index (χ2n) is 5.22. The predicted molar refractivity (Wildman–Crippen MR) is 65.1 cm³/mol. The van der Waals surface area contributed by atoms with Gasteiger partial charge in [-0.05, 0) is 51.2 Å². The lowest BCUT2D eigenvalue weighted by Crippen LogP contribution is -2.43. The van der Waals surface area contributed by atoms with Crippen LogP contribution in [0, 0.1) is 5.92 Å². The summed E-state index contributed by atoms with van der Waals surface area (Å²) in [6.45, 7) is 8.33. The minimum atomic E-state index is 0.801. The Morgan fingerprint density at radius 2 is 1.93 bits per heavy atom. The summed E-state index contributed by atoms with van der Waals surface area (Å²) in [7, 11) is 0. The molecule has 2 aliphatic rings. The summed E-state index contributed by atoms with van der Waals surface area (Å²) < 4.78 is 0. The maximum atomic E-state index is 3.57. The summed E-state index contributed by atoms with van der Waals surface area (Å²) >= 11 is 0.